The van der Waals surface area contributed by atoms with Crippen LogP contribution in [0.5, 0.6) is 0 Å². The van der Waals surface area contributed by atoms with Gasteiger partial charge in [0.25, 0.3) is 0 Å². The molecule has 0 rings (SSSR count). The van der Waals surface area contributed by atoms with Crippen LogP contribution in [-0.4, -0.2) is 97.3 Å². The van der Waals surface area contributed by atoms with Crippen molar-refractivity contribution < 1.29 is 52.3 Å². The van der Waals surface area contributed by atoms with Gasteiger partial charge in [0.2, 0.25) is 0 Å². The molecule has 4 atom stereocenters. The minimum Gasteiger partial charge on any atom is -0.462 e. The molecule has 0 aromatic rings. The van der Waals surface area contributed by atoms with E-state index in [1.165, 1.54) is 12.8 Å². The summed E-state index contributed by atoms with van der Waals surface area (Å²) in [4.78, 5) is 35.2. The maximum absolute atomic E-state index is 12.6. The molecule has 0 saturated heterocycles. The van der Waals surface area contributed by atoms with Gasteiger partial charge in [-0.15, -0.1) is 0 Å². The number of phosphoric acid groups is 1. The molecule has 0 spiro atoms. The smallest absolute Gasteiger partial charge is 0.462 e. The lowest BCUT2D eigenvalue weighted by atomic mass is 10.1. The number of phosphoric ester groups is 1. The quantitative estimate of drug-likeness (QED) is 0.0142. The first-order valence-electron chi connectivity index (χ1n) is 20.2. The average Bonchev–Trinajstić information content (AvgIpc) is 3.10. The monoisotopic (exact) mass is 785 g/mol. The van der Waals surface area contributed by atoms with Gasteiger partial charge in [-0.3, -0.25) is 18.6 Å². The standard InChI is InChI=1S/C42H74NO10P/c1-6-8-10-11-12-13-14-15-19-22-26-32-42(47)53-40(37-52-54(48,49)51-35-34-43(3,4)5)36-50-41(46)33-27-31-39(45)30-25-21-18-16-17-20-24-29-38(44)28-23-9-7-2/h11-12,17-18,20-21,24-25,29-30,38-40,44-45H,6-10,13-16,19,22-23,26-28,31-37H2,1-5H3/p+1/b12-11-,20-17-,21-18-,29-24+,30-25+/t38-,39-,40+/m0/s1. The second kappa shape index (κ2) is 33.9. The molecule has 312 valence electrons. The van der Waals surface area contributed by atoms with Crippen LogP contribution in [0.3, 0.4) is 0 Å². The number of unbranched alkanes of at least 4 members (excludes halogenated alkanes) is 9. The van der Waals surface area contributed by atoms with Crippen LogP contribution >= 0.6 is 7.82 Å². The highest BCUT2D eigenvalue weighted by molar-refractivity contribution is 7.47. The predicted octanol–water partition coefficient (Wildman–Crippen LogP) is 8.85. The van der Waals surface area contributed by atoms with E-state index in [0.29, 0.717) is 36.7 Å². The Labute approximate surface area is 327 Å². The summed E-state index contributed by atoms with van der Waals surface area (Å²) in [6.07, 6.45) is 32.1. The number of hydrogen-bond acceptors (Lipinski definition) is 9. The van der Waals surface area contributed by atoms with Crippen molar-refractivity contribution in [1.29, 1.82) is 0 Å². The molecule has 0 aliphatic heterocycles. The summed E-state index contributed by atoms with van der Waals surface area (Å²) in [7, 11) is 1.33. The first-order chi connectivity index (χ1) is 25.8. The van der Waals surface area contributed by atoms with Gasteiger partial charge >= 0.3 is 19.8 Å². The van der Waals surface area contributed by atoms with Crippen molar-refractivity contribution >= 4 is 19.8 Å². The van der Waals surface area contributed by atoms with Gasteiger partial charge in [0.15, 0.2) is 6.10 Å². The molecule has 0 fully saturated rings. The van der Waals surface area contributed by atoms with E-state index >= 15 is 0 Å². The van der Waals surface area contributed by atoms with Gasteiger partial charge in [0.05, 0.1) is 40.0 Å². The highest BCUT2D eigenvalue weighted by Gasteiger charge is 2.27. The van der Waals surface area contributed by atoms with Crippen molar-refractivity contribution in [2.24, 2.45) is 0 Å². The summed E-state index contributed by atoms with van der Waals surface area (Å²) >= 11 is 0. The summed E-state index contributed by atoms with van der Waals surface area (Å²) in [5.74, 6) is -1.05. The molecule has 0 saturated carbocycles. The topological polar surface area (TPSA) is 149 Å². The average molecular weight is 785 g/mol. The Morgan fingerprint density at radius 1 is 0.667 bits per heavy atom. The van der Waals surface area contributed by atoms with Gasteiger partial charge in [-0.2, -0.15) is 0 Å². The first kappa shape index (κ1) is 51.6. The van der Waals surface area contributed by atoms with Crippen LogP contribution in [0.2, 0.25) is 0 Å². The molecule has 11 nitrogen and oxygen atoms in total. The van der Waals surface area contributed by atoms with Gasteiger partial charge in [0, 0.05) is 12.8 Å². The number of aliphatic hydroxyl groups excluding tert-OH is 2. The predicted molar refractivity (Wildman–Crippen MR) is 218 cm³/mol. The summed E-state index contributed by atoms with van der Waals surface area (Å²) in [6.45, 7) is 3.97. The van der Waals surface area contributed by atoms with E-state index in [0.717, 1.165) is 64.2 Å². The van der Waals surface area contributed by atoms with Crippen molar-refractivity contribution in [3.63, 3.8) is 0 Å². The molecule has 0 radical (unpaired) electrons. The number of carbonyl (C=O) groups is 2. The van der Waals surface area contributed by atoms with Crippen LogP contribution in [0.15, 0.2) is 60.8 Å². The molecule has 3 N–H and O–H groups in total. The number of ether oxygens (including phenoxy) is 2. The Kier molecular flexibility index (Phi) is 32.4. The molecule has 54 heavy (non-hydrogen) atoms. The zero-order valence-corrected chi connectivity index (χ0v) is 35.1. The Morgan fingerprint density at radius 2 is 1.24 bits per heavy atom. The Hall–Kier alpha value is -2.37. The fourth-order valence-electron chi connectivity index (χ4n) is 4.91. The van der Waals surface area contributed by atoms with Gasteiger partial charge in [-0.1, -0.05) is 126 Å². The van der Waals surface area contributed by atoms with Crippen LogP contribution < -0.4 is 0 Å². The molecule has 0 aromatic heterocycles. The van der Waals surface area contributed by atoms with Gasteiger partial charge in [-0.05, 0) is 51.4 Å². The van der Waals surface area contributed by atoms with Crippen LogP contribution in [0.25, 0.3) is 0 Å². The number of carbonyl (C=O) groups excluding carboxylic acids is 2. The molecule has 12 heteroatoms. The zero-order valence-electron chi connectivity index (χ0n) is 34.2. The largest absolute Gasteiger partial charge is 0.472 e. The molecule has 0 bridgehead atoms. The summed E-state index contributed by atoms with van der Waals surface area (Å²) in [5, 5.41) is 20.1. The van der Waals surface area contributed by atoms with Gasteiger partial charge < -0.3 is 29.1 Å². The van der Waals surface area contributed by atoms with Crippen LogP contribution in [-0.2, 0) is 32.7 Å². The normalized spacial score (nSPS) is 15.5. The molecule has 0 aliphatic carbocycles. The molecule has 0 aliphatic rings. The minimum absolute atomic E-state index is 0.00977. The maximum Gasteiger partial charge on any atom is 0.472 e. The van der Waals surface area contributed by atoms with Crippen LogP contribution in [0.4, 0.5) is 0 Å². The third-order valence-electron chi connectivity index (χ3n) is 8.23. The number of quaternary nitrogens is 1. The molecular formula is C42H75NO10P+. The summed E-state index contributed by atoms with van der Waals surface area (Å²) in [5.41, 5.74) is 0. The number of esters is 2. The van der Waals surface area contributed by atoms with E-state index in [2.05, 4.69) is 26.0 Å². The number of hydrogen-bond donors (Lipinski definition) is 3. The SMILES string of the molecule is CCCC/C=C\CCCCCCCC(=O)O[C@H](COC(=O)CCC[C@@H](O)/C=C/C=C\C/C=C\C=C\[C@@H](O)CCCCC)COP(=O)(O)OCC[N+](C)(C)C. The lowest BCUT2D eigenvalue weighted by Crippen LogP contribution is -2.37. The van der Waals surface area contributed by atoms with Crippen molar-refractivity contribution in [2.45, 2.75) is 148 Å². The summed E-state index contributed by atoms with van der Waals surface area (Å²) in [6, 6.07) is 0. The first-order valence-corrected chi connectivity index (χ1v) is 21.7. The Bertz CT molecular complexity index is 1140. The molecule has 0 amide bonds. The van der Waals surface area contributed by atoms with E-state index in [-0.39, 0.29) is 26.1 Å². The lowest BCUT2D eigenvalue weighted by molar-refractivity contribution is -0.870. The van der Waals surface area contributed by atoms with Crippen LogP contribution in [0.1, 0.15) is 129 Å². The van der Waals surface area contributed by atoms with E-state index in [9.17, 15) is 29.3 Å². The second-order valence-corrected chi connectivity index (χ2v) is 16.2. The highest BCUT2D eigenvalue weighted by atomic mass is 31.2. The molecule has 0 aromatic carbocycles. The van der Waals surface area contributed by atoms with Gasteiger partial charge in [-0.25, -0.2) is 4.57 Å². The number of rotatable bonds is 35. The maximum atomic E-state index is 12.6. The molecular weight excluding hydrogens is 709 g/mol. The van der Waals surface area contributed by atoms with Crippen molar-refractivity contribution in [3.05, 3.63) is 60.8 Å². The van der Waals surface area contributed by atoms with Crippen LogP contribution in [0, 0.1) is 0 Å². The van der Waals surface area contributed by atoms with Crippen molar-refractivity contribution in [1.82, 2.24) is 0 Å². The lowest BCUT2D eigenvalue weighted by Gasteiger charge is -2.24. The number of aliphatic hydroxyl groups is 2. The number of allylic oxidation sites excluding steroid dienone is 8. The third-order valence-corrected chi connectivity index (χ3v) is 9.21. The van der Waals surface area contributed by atoms with Gasteiger partial charge in [0.1, 0.15) is 19.8 Å². The molecule has 0 heterocycles. The third kappa shape index (κ3) is 36.6. The second-order valence-electron chi connectivity index (χ2n) is 14.7. The Balaban J connectivity index is 4.66. The summed E-state index contributed by atoms with van der Waals surface area (Å²) < 4.78 is 34.0. The number of nitrogens with zero attached hydrogens (tertiary/aromatic N) is 1. The fourth-order valence-corrected chi connectivity index (χ4v) is 5.65. The highest BCUT2D eigenvalue weighted by Crippen LogP contribution is 2.43. The minimum atomic E-state index is -4.43. The van der Waals surface area contributed by atoms with Crippen molar-refractivity contribution in [3.8, 4) is 0 Å². The van der Waals surface area contributed by atoms with E-state index in [1.807, 2.05) is 51.5 Å². The Morgan fingerprint density at radius 3 is 1.87 bits per heavy atom. The number of likely N-dealkylation sites (N-methyl/N-ethyl adjacent to an activating group) is 1. The zero-order chi connectivity index (χ0) is 40.3. The molecule has 1 unspecified atom stereocenters. The van der Waals surface area contributed by atoms with Crippen molar-refractivity contribution in [2.75, 3.05) is 47.5 Å². The van der Waals surface area contributed by atoms with E-state index < -0.39 is 44.7 Å². The van der Waals surface area contributed by atoms with E-state index in [4.69, 9.17) is 18.5 Å². The van der Waals surface area contributed by atoms with E-state index in [1.54, 1.807) is 18.2 Å². The fraction of sp³-hybridized carbons (Fsp3) is 0.714.